The van der Waals surface area contributed by atoms with Crippen molar-refractivity contribution < 1.29 is 27.1 Å². The molecule has 0 aliphatic rings. The molecule has 1 atom stereocenters. The van der Waals surface area contributed by atoms with Crippen LogP contribution in [-0.2, 0) is 6.42 Å². The monoisotopic (exact) mass is 313 g/mol. The van der Waals surface area contributed by atoms with Crippen LogP contribution in [-0.4, -0.2) is 18.3 Å². The van der Waals surface area contributed by atoms with Crippen LogP contribution in [0, 0.1) is 0 Å². The minimum Gasteiger partial charge on any atom is -0.469 e. The number of nitrogens with one attached hydrogen (secondary N) is 1. The Hall–Kier alpha value is -2.44. The summed E-state index contributed by atoms with van der Waals surface area (Å²) in [6.07, 6.45) is -2.68. The summed E-state index contributed by atoms with van der Waals surface area (Å²) < 4.78 is 45.1. The predicted molar refractivity (Wildman–Crippen MR) is 72.5 cm³/mol. The fraction of sp³-hybridized carbons (Fsp3) is 0.267. The Labute approximate surface area is 124 Å². The Balaban J connectivity index is 1.92. The molecule has 0 radical (unpaired) electrons. The van der Waals surface area contributed by atoms with Gasteiger partial charge in [0.25, 0.3) is 5.91 Å². The molecular formula is C15H14F3NO3. The fourth-order valence-corrected chi connectivity index (χ4v) is 1.90. The molecule has 0 bridgehead atoms. The maximum absolute atomic E-state index is 12.0. The third kappa shape index (κ3) is 4.83. The molecule has 1 heterocycles. The van der Waals surface area contributed by atoms with Gasteiger partial charge in [0.1, 0.15) is 11.5 Å². The maximum Gasteiger partial charge on any atom is 0.573 e. The average Bonchev–Trinajstić information content (AvgIpc) is 2.90. The lowest BCUT2D eigenvalue weighted by Crippen LogP contribution is -2.33. The van der Waals surface area contributed by atoms with E-state index < -0.39 is 6.36 Å². The second-order valence-electron chi connectivity index (χ2n) is 4.73. The molecule has 0 spiro atoms. The largest absolute Gasteiger partial charge is 0.573 e. The van der Waals surface area contributed by atoms with Gasteiger partial charge in [0.05, 0.1) is 6.26 Å². The normalized spacial score (nSPS) is 12.7. The van der Waals surface area contributed by atoms with Gasteiger partial charge in [-0.2, -0.15) is 0 Å². The van der Waals surface area contributed by atoms with E-state index in [4.69, 9.17) is 4.42 Å². The molecule has 0 aliphatic heterocycles. The molecule has 1 N–H and O–H groups in total. The number of alkyl halides is 3. The SMILES string of the molecule is CC(Cc1ccco1)NC(=O)c1ccc(OC(F)(F)F)cc1. The van der Waals surface area contributed by atoms with E-state index in [0.29, 0.717) is 6.42 Å². The molecule has 0 saturated carbocycles. The number of carbonyl (C=O) groups is 1. The van der Waals surface area contributed by atoms with E-state index in [1.807, 2.05) is 6.92 Å². The highest BCUT2D eigenvalue weighted by Gasteiger charge is 2.31. The lowest BCUT2D eigenvalue weighted by atomic mass is 10.1. The summed E-state index contributed by atoms with van der Waals surface area (Å²) in [6.45, 7) is 1.81. The number of hydrogen-bond acceptors (Lipinski definition) is 3. The summed E-state index contributed by atoms with van der Waals surface area (Å²) in [4.78, 5) is 12.0. The number of hydrogen-bond donors (Lipinski definition) is 1. The van der Waals surface area contributed by atoms with Crippen LogP contribution in [0.1, 0.15) is 23.0 Å². The van der Waals surface area contributed by atoms with Crippen LogP contribution in [0.5, 0.6) is 5.75 Å². The summed E-state index contributed by atoms with van der Waals surface area (Å²) in [7, 11) is 0. The minimum atomic E-state index is -4.75. The zero-order valence-corrected chi connectivity index (χ0v) is 11.7. The quantitative estimate of drug-likeness (QED) is 0.918. The second-order valence-corrected chi connectivity index (χ2v) is 4.73. The van der Waals surface area contributed by atoms with Crippen molar-refractivity contribution in [3.8, 4) is 5.75 Å². The van der Waals surface area contributed by atoms with Crippen LogP contribution in [0.4, 0.5) is 13.2 Å². The number of amides is 1. The second kappa shape index (κ2) is 6.55. The van der Waals surface area contributed by atoms with Gasteiger partial charge < -0.3 is 14.5 Å². The maximum atomic E-state index is 12.0. The fourth-order valence-electron chi connectivity index (χ4n) is 1.90. The van der Waals surface area contributed by atoms with Gasteiger partial charge in [0.15, 0.2) is 0 Å². The molecule has 2 rings (SSSR count). The molecule has 0 saturated heterocycles. The van der Waals surface area contributed by atoms with Crippen molar-refractivity contribution in [3.05, 3.63) is 54.0 Å². The van der Waals surface area contributed by atoms with Crippen LogP contribution in [0.2, 0.25) is 0 Å². The van der Waals surface area contributed by atoms with Crippen molar-refractivity contribution in [2.45, 2.75) is 25.7 Å². The minimum absolute atomic E-state index is 0.176. The highest BCUT2D eigenvalue weighted by molar-refractivity contribution is 5.94. The Kier molecular flexibility index (Phi) is 4.75. The van der Waals surface area contributed by atoms with Crippen molar-refractivity contribution in [2.24, 2.45) is 0 Å². The molecule has 1 unspecified atom stereocenters. The molecular weight excluding hydrogens is 299 g/mol. The van der Waals surface area contributed by atoms with Crippen LogP contribution in [0.3, 0.4) is 0 Å². The topological polar surface area (TPSA) is 51.5 Å². The summed E-state index contributed by atoms with van der Waals surface area (Å²) in [5.41, 5.74) is 0.251. The van der Waals surface area contributed by atoms with Crippen LogP contribution < -0.4 is 10.1 Å². The first-order valence-corrected chi connectivity index (χ1v) is 6.52. The highest BCUT2D eigenvalue weighted by Crippen LogP contribution is 2.22. The van der Waals surface area contributed by atoms with Gasteiger partial charge in [-0.15, -0.1) is 13.2 Å². The summed E-state index contributed by atoms with van der Waals surface area (Å²) in [5.74, 6) is -0.00739. The lowest BCUT2D eigenvalue weighted by Gasteiger charge is -2.13. The summed E-state index contributed by atoms with van der Waals surface area (Å²) in [6, 6.07) is 8.12. The van der Waals surface area contributed by atoms with Crippen LogP contribution >= 0.6 is 0 Å². The number of ether oxygens (including phenoxy) is 1. The molecule has 118 valence electrons. The Bertz CT molecular complexity index is 606. The Morgan fingerprint density at radius 3 is 2.50 bits per heavy atom. The van der Waals surface area contributed by atoms with Crippen LogP contribution in [0.25, 0.3) is 0 Å². The molecule has 1 aromatic heterocycles. The smallest absolute Gasteiger partial charge is 0.469 e. The predicted octanol–water partition coefficient (Wildman–Crippen LogP) is 3.54. The number of benzene rings is 1. The highest BCUT2D eigenvalue weighted by atomic mass is 19.4. The van der Waals surface area contributed by atoms with E-state index in [-0.39, 0.29) is 23.3 Å². The zero-order chi connectivity index (χ0) is 16.2. The Morgan fingerprint density at radius 2 is 1.95 bits per heavy atom. The Morgan fingerprint density at radius 1 is 1.27 bits per heavy atom. The van der Waals surface area contributed by atoms with Crippen LogP contribution in [0.15, 0.2) is 47.1 Å². The van der Waals surface area contributed by atoms with E-state index in [0.717, 1.165) is 17.9 Å². The van der Waals surface area contributed by atoms with Crippen molar-refractivity contribution in [1.82, 2.24) is 5.32 Å². The van der Waals surface area contributed by atoms with Gasteiger partial charge in [-0.1, -0.05) is 0 Å². The molecule has 2 aromatic rings. The van der Waals surface area contributed by atoms with E-state index in [1.165, 1.54) is 12.1 Å². The van der Waals surface area contributed by atoms with E-state index in [2.05, 4.69) is 10.1 Å². The van der Waals surface area contributed by atoms with Gasteiger partial charge in [-0.05, 0) is 43.3 Å². The number of furan rings is 1. The van der Waals surface area contributed by atoms with Gasteiger partial charge in [0, 0.05) is 18.0 Å². The molecule has 0 fully saturated rings. The van der Waals surface area contributed by atoms with Gasteiger partial charge in [-0.25, -0.2) is 0 Å². The molecule has 1 amide bonds. The van der Waals surface area contributed by atoms with Crippen molar-refractivity contribution in [3.63, 3.8) is 0 Å². The summed E-state index contributed by atoms with van der Waals surface area (Å²) in [5, 5.41) is 2.74. The van der Waals surface area contributed by atoms with Gasteiger partial charge >= 0.3 is 6.36 Å². The van der Waals surface area contributed by atoms with Gasteiger partial charge in [-0.3, -0.25) is 4.79 Å². The molecule has 22 heavy (non-hydrogen) atoms. The lowest BCUT2D eigenvalue weighted by molar-refractivity contribution is -0.274. The van der Waals surface area contributed by atoms with E-state index in [9.17, 15) is 18.0 Å². The standard InChI is InChI=1S/C15H14F3NO3/c1-10(9-13-3-2-8-21-13)19-14(20)11-4-6-12(7-5-11)22-15(16,17)18/h2-8,10H,9H2,1H3,(H,19,20). The number of rotatable bonds is 5. The van der Waals surface area contributed by atoms with Crippen molar-refractivity contribution in [1.29, 1.82) is 0 Å². The average molecular weight is 313 g/mol. The first kappa shape index (κ1) is 15.9. The number of halogens is 3. The van der Waals surface area contributed by atoms with Crippen molar-refractivity contribution in [2.75, 3.05) is 0 Å². The first-order valence-electron chi connectivity index (χ1n) is 6.52. The third-order valence-corrected chi connectivity index (χ3v) is 2.82. The first-order chi connectivity index (χ1) is 10.3. The molecule has 0 aliphatic carbocycles. The van der Waals surface area contributed by atoms with E-state index in [1.54, 1.807) is 18.4 Å². The van der Waals surface area contributed by atoms with Crippen molar-refractivity contribution >= 4 is 5.91 Å². The van der Waals surface area contributed by atoms with E-state index >= 15 is 0 Å². The molecule has 1 aromatic carbocycles. The van der Waals surface area contributed by atoms with Gasteiger partial charge in [0.2, 0.25) is 0 Å². The number of carbonyl (C=O) groups excluding carboxylic acids is 1. The molecule has 4 nitrogen and oxygen atoms in total. The third-order valence-electron chi connectivity index (χ3n) is 2.82. The molecule has 7 heteroatoms. The zero-order valence-electron chi connectivity index (χ0n) is 11.7. The summed E-state index contributed by atoms with van der Waals surface area (Å²) >= 11 is 0.